The summed E-state index contributed by atoms with van der Waals surface area (Å²) in [5, 5.41) is 0. The summed E-state index contributed by atoms with van der Waals surface area (Å²) in [5.41, 5.74) is 0. The van der Waals surface area contributed by atoms with Crippen LogP contribution in [0, 0.1) is 0 Å². The van der Waals surface area contributed by atoms with Gasteiger partial charge in [0.05, 0.1) is 0 Å². The van der Waals surface area contributed by atoms with Gasteiger partial charge in [0.1, 0.15) is 0 Å². The van der Waals surface area contributed by atoms with E-state index in [1.807, 2.05) is 0 Å². The van der Waals surface area contributed by atoms with Crippen LogP contribution in [0.1, 0.15) is 0 Å². The van der Waals surface area contributed by atoms with Gasteiger partial charge < -0.3 is 14.7 Å². The first kappa shape index (κ1) is 19.4. The molecule has 13 heavy (non-hydrogen) atoms. The molecule has 0 saturated carbocycles. The topological polar surface area (TPSA) is 77.8 Å². The van der Waals surface area contributed by atoms with Gasteiger partial charge in [-0.3, -0.25) is 0 Å². The monoisotopic (exact) mass is 294 g/mol. The summed E-state index contributed by atoms with van der Waals surface area (Å²) in [6, 6.07) is 0. The Morgan fingerprint density at radius 3 is 0.846 bits per heavy atom. The second-order valence-corrected chi connectivity index (χ2v) is 6.52. The molecular weight excluding hydrogens is 291 g/mol. The van der Waals surface area contributed by atoms with E-state index in [4.69, 9.17) is 19.2 Å². The van der Waals surface area contributed by atoms with E-state index in [1.54, 1.807) is 0 Å². The van der Waals surface area contributed by atoms with E-state index in [-0.39, 0.29) is 18.9 Å². The van der Waals surface area contributed by atoms with Crippen molar-refractivity contribution < 1.29 is 58.9 Å². The van der Waals surface area contributed by atoms with Crippen LogP contribution in [-0.4, -0.2) is 28.9 Å². The van der Waals surface area contributed by atoms with Crippen molar-refractivity contribution >= 4 is 22.0 Å². The van der Waals surface area contributed by atoms with Crippen LogP contribution >= 0.6 is 7.82 Å². The fraction of sp³-hybridized carbons (Fsp3) is 0. The van der Waals surface area contributed by atoms with Crippen molar-refractivity contribution in [2.75, 3.05) is 0 Å². The van der Waals surface area contributed by atoms with Gasteiger partial charge in [-0.15, -0.1) is 0 Å². The molecule has 0 heterocycles. The van der Waals surface area contributed by atoms with Crippen molar-refractivity contribution in [3.63, 3.8) is 0 Å². The smallest absolute Gasteiger partial charge is 0.303 e. The van der Waals surface area contributed by atoms with Crippen LogP contribution in [0.4, 0.5) is 20.8 Å². The summed E-state index contributed by atoms with van der Waals surface area (Å²) in [5.74, 6) is 0. The Labute approximate surface area is 81.2 Å². The van der Waals surface area contributed by atoms with Crippen LogP contribution in [0.3, 0.4) is 0 Å². The molecule has 0 aliphatic rings. The van der Waals surface area contributed by atoms with Gasteiger partial charge in [0.15, 0.2) is 0 Å². The van der Waals surface area contributed by atoms with E-state index in [0.29, 0.717) is 0 Å². The zero-order valence-electron chi connectivity index (χ0n) is 5.91. The Morgan fingerprint density at radius 1 is 0.846 bits per heavy atom. The third kappa shape index (κ3) is 2110. The molecule has 3 N–H and O–H groups in total. The zero-order chi connectivity index (χ0) is 10.9. The molecule has 80 valence electrons. The van der Waals surface area contributed by atoms with Crippen molar-refractivity contribution in [3.05, 3.63) is 0 Å². The maximum atomic E-state index is 9.91. The van der Waals surface area contributed by atoms with Gasteiger partial charge in [0.25, 0.3) is 0 Å². The minimum atomic E-state index is -11.1. The molecule has 0 bridgehead atoms. The van der Waals surface area contributed by atoms with Crippen LogP contribution in [-0.2, 0) is 4.57 Å². The summed E-state index contributed by atoms with van der Waals surface area (Å²) >= 11 is -11.1. The molecule has 0 aliphatic heterocycles. The number of rotatable bonds is 0. The van der Waals surface area contributed by atoms with E-state index in [2.05, 4.69) is 0 Å². The van der Waals surface area contributed by atoms with E-state index in [0.717, 1.165) is 0 Å². The molecule has 0 amide bonds. The maximum absolute atomic E-state index is 11.1. The van der Waals surface area contributed by atoms with Crippen LogP contribution in [0.5, 0.6) is 0 Å². The molecule has 13 heteroatoms. The van der Waals surface area contributed by atoms with Gasteiger partial charge in [-0.1, -0.05) is 0 Å². The quantitative estimate of drug-likeness (QED) is 0.280. The average Bonchev–Trinajstić information content (AvgIpc) is 1.04. The van der Waals surface area contributed by atoms with Gasteiger partial charge in [-0.25, -0.2) is 4.57 Å². The first-order valence-electron chi connectivity index (χ1n) is 1.80. The van der Waals surface area contributed by atoms with Crippen LogP contribution in [0.15, 0.2) is 0 Å². The Morgan fingerprint density at radius 2 is 0.846 bits per heavy atom. The predicted octanol–water partition coefficient (Wildman–Crippen LogP) is -1.78. The molecule has 0 aromatic carbocycles. The second kappa shape index (κ2) is 3.78. The van der Waals surface area contributed by atoms with Gasteiger partial charge in [0.2, 0.25) is 0 Å². The van der Waals surface area contributed by atoms with Crippen LogP contribution < -0.4 is 18.9 Å². The molecule has 0 unspecified atom stereocenters. The van der Waals surface area contributed by atoms with Crippen molar-refractivity contribution in [1.82, 2.24) is 0 Å². The Balaban J connectivity index is -0.000000150. The van der Waals surface area contributed by atoms with Gasteiger partial charge >= 0.3 is 61.7 Å². The van der Waals surface area contributed by atoms with Gasteiger partial charge in [-0.05, 0) is 0 Å². The van der Waals surface area contributed by atoms with E-state index >= 15 is 0 Å². The summed E-state index contributed by atoms with van der Waals surface area (Å²) < 4.78 is 68.3. The number of phosphoric acid groups is 1. The van der Waals surface area contributed by atoms with E-state index < -0.39 is 22.0 Å². The molecular formula is H3AsF6LiO4P. The minimum Gasteiger partial charge on any atom is -0.303 e. The Kier molecular flexibility index (Phi) is 5.64. The summed E-state index contributed by atoms with van der Waals surface area (Å²) in [6.07, 6.45) is 0. The summed E-state index contributed by atoms with van der Waals surface area (Å²) in [7, 11) is -4.64. The third-order valence-electron chi connectivity index (χ3n) is 0. The molecule has 0 aromatic heterocycles. The molecule has 0 radical (unpaired) electrons. The van der Waals surface area contributed by atoms with Crippen LogP contribution in [0.25, 0.3) is 0 Å². The standard InChI is InChI=1S/AsF6.Li.H3O4P/c2-1(3,4,5,6)7;;1-5(2,3)4/h;;(H3,1,2,3,4)/q-1;+1;. The first-order chi connectivity index (χ1) is 4.45. The van der Waals surface area contributed by atoms with Crippen LogP contribution in [0.2, 0.25) is 0 Å². The third-order valence-corrected chi connectivity index (χ3v) is 0. The van der Waals surface area contributed by atoms with Gasteiger partial charge in [-0.2, -0.15) is 0 Å². The molecule has 0 saturated heterocycles. The van der Waals surface area contributed by atoms with E-state index in [9.17, 15) is 20.8 Å². The van der Waals surface area contributed by atoms with Crippen molar-refractivity contribution in [3.8, 4) is 0 Å². The molecule has 0 fully saturated rings. The van der Waals surface area contributed by atoms with Crippen molar-refractivity contribution in [2.45, 2.75) is 0 Å². The number of halogens is 6. The average molecular weight is 294 g/mol. The number of hydrogen-bond donors (Lipinski definition) is 3. The zero-order valence-corrected chi connectivity index (χ0v) is 8.68. The fourth-order valence-corrected chi connectivity index (χ4v) is 0. The fourth-order valence-electron chi connectivity index (χ4n) is 0. The predicted molar refractivity (Wildman–Crippen MR) is 26.7 cm³/mol. The van der Waals surface area contributed by atoms with Crippen molar-refractivity contribution in [1.29, 1.82) is 0 Å². The molecule has 0 aromatic rings. The molecule has 4 nitrogen and oxygen atoms in total. The normalized spacial score (nSPS) is 17.0. The molecule has 0 spiro atoms. The number of hydrogen-bond acceptors (Lipinski definition) is 1. The Bertz CT molecular complexity index is 178. The van der Waals surface area contributed by atoms with Crippen molar-refractivity contribution in [2.24, 2.45) is 0 Å². The molecule has 0 atom stereocenters. The minimum absolute atomic E-state index is 0. The maximum Gasteiger partial charge on any atom is 1.00 e. The Hall–Kier alpha value is 0.846. The summed E-state index contributed by atoms with van der Waals surface area (Å²) in [4.78, 5) is 21.6. The first-order valence-corrected chi connectivity index (χ1v) is 7.62. The summed E-state index contributed by atoms with van der Waals surface area (Å²) in [6.45, 7) is 0. The largest absolute Gasteiger partial charge is 1.00 e. The SMILES string of the molecule is F[As-](F)(F)(F)(F)F.O=P(O)(O)O.[Li+]. The van der Waals surface area contributed by atoms with Gasteiger partial charge in [0, 0.05) is 0 Å². The van der Waals surface area contributed by atoms with E-state index in [1.165, 1.54) is 0 Å². The molecule has 0 rings (SSSR count). The molecule has 0 aliphatic carbocycles. The second-order valence-electron chi connectivity index (χ2n) is 1.47.